The molecule has 2 aliphatic heterocycles. The van der Waals surface area contributed by atoms with Crippen molar-refractivity contribution in [2.45, 2.75) is 6.42 Å². The van der Waals surface area contributed by atoms with Gasteiger partial charge in [-0.15, -0.1) is 0 Å². The summed E-state index contributed by atoms with van der Waals surface area (Å²) < 4.78 is 0. The van der Waals surface area contributed by atoms with E-state index in [1.165, 1.54) is 23.3 Å². The minimum atomic E-state index is -0.553. The second-order valence-electron chi connectivity index (χ2n) is 7.62. The van der Waals surface area contributed by atoms with Crippen LogP contribution in [0.3, 0.4) is 0 Å². The molecule has 0 saturated heterocycles. The van der Waals surface area contributed by atoms with Gasteiger partial charge in [0, 0.05) is 36.9 Å². The van der Waals surface area contributed by atoms with E-state index in [9.17, 15) is 10.1 Å². The Hall–Kier alpha value is -3.05. The van der Waals surface area contributed by atoms with E-state index >= 15 is 0 Å². The SMILES string of the molecule is Nc1nc(NCCNN2C=C(Nc3ccc(Cl)cc3Cl)C3=C(CNCC3)C2)ccc1[N+](=O)[O-]. The minimum absolute atomic E-state index is 0.113. The number of nitrogens with zero attached hydrogens (tertiary/aromatic N) is 3. The van der Waals surface area contributed by atoms with Crippen LogP contribution in [-0.2, 0) is 0 Å². The maximum Gasteiger partial charge on any atom is 0.311 e. The van der Waals surface area contributed by atoms with Crippen LogP contribution in [0.5, 0.6) is 0 Å². The highest BCUT2D eigenvalue weighted by Gasteiger charge is 2.23. The van der Waals surface area contributed by atoms with Crippen LogP contribution in [0.1, 0.15) is 6.42 Å². The lowest BCUT2D eigenvalue weighted by Gasteiger charge is -2.34. The Balaban J connectivity index is 1.39. The Morgan fingerprint density at radius 2 is 2.09 bits per heavy atom. The molecule has 33 heavy (non-hydrogen) atoms. The third kappa shape index (κ3) is 5.66. The summed E-state index contributed by atoms with van der Waals surface area (Å²) >= 11 is 12.4. The molecular formula is C21H24Cl2N8O2. The van der Waals surface area contributed by atoms with Crippen molar-refractivity contribution in [3.8, 4) is 0 Å². The highest BCUT2D eigenvalue weighted by molar-refractivity contribution is 6.36. The number of benzene rings is 1. The molecule has 0 unspecified atom stereocenters. The quantitative estimate of drug-likeness (QED) is 0.214. The molecule has 1 aromatic heterocycles. The van der Waals surface area contributed by atoms with Crippen LogP contribution in [0.4, 0.5) is 23.0 Å². The summed E-state index contributed by atoms with van der Waals surface area (Å²) in [6, 6.07) is 8.27. The summed E-state index contributed by atoms with van der Waals surface area (Å²) in [4.78, 5) is 14.3. The number of pyridine rings is 1. The Bertz CT molecular complexity index is 1120. The summed E-state index contributed by atoms with van der Waals surface area (Å²) in [7, 11) is 0. The average molecular weight is 491 g/mol. The first kappa shape index (κ1) is 23.1. The van der Waals surface area contributed by atoms with Gasteiger partial charge in [-0.25, -0.2) is 10.4 Å². The van der Waals surface area contributed by atoms with E-state index in [-0.39, 0.29) is 11.5 Å². The highest BCUT2D eigenvalue weighted by Crippen LogP contribution is 2.31. The van der Waals surface area contributed by atoms with Crippen LogP contribution in [0.2, 0.25) is 10.0 Å². The minimum Gasteiger partial charge on any atom is -0.378 e. The summed E-state index contributed by atoms with van der Waals surface area (Å²) in [5.74, 6) is 0.369. The number of anilines is 3. The summed E-state index contributed by atoms with van der Waals surface area (Å²) in [5, 5.41) is 24.0. The second-order valence-corrected chi connectivity index (χ2v) is 8.47. The van der Waals surface area contributed by atoms with Crippen molar-refractivity contribution < 1.29 is 4.92 Å². The zero-order valence-electron chi connectivity index (χ0n) is 17.7. The first-order valence-electron chi connectivity index (χ1n) is 10.4. The van der Waals surface area contributed by atoms with Crippen LogP contribution in [-0.4, -0.2) is 47.6 Å². The number of hydrogen-bond acceptors (Lipinski definition) is 9. The smallest absolute Gasteiger partial charge is 0.311 e. The fraction of sp³-hybridized carbons (Fsp3) is 0.286. The lowest BCUT2D eigenvalue weighted by molar-refractivity contribution is -0.384. The topological polar surface area (TPSA) is 133 Å². The lowest BCUT2D eigenvalue weighted by atomic mass is 9.96. The number of nitrogens with two attached hydrogens (primary N) is 1. The fourth-order valence-electron chi connectivity index (χ4n) is 3.75. The molecule has 4 rings (SSSR count). The van der Waals surface area contributed by atoms with Gasteiger partial charge in [-0.2, -0.15) is 0 Å². The normalized spacial score (nSPS) is 15.7. The van der Waals surface area contributed by atoms with Gasteiger partial charge >= 0.3 is 5.69 Å². The number of hydrazine groups is 1. The third-order valence-corrected chi connectivity index (χ3v) is 5.88. The Labute approximate surface area is 200 Å². The average Bonchev–Trinajstić information content (AvgIpc) is 2.78. The number of nitrogen functional groups attached to an aromatic ring is 1. The van der Waals surface area contributed by atoms with Gasteiger partial charge in [-0.05, 0) is 48.4 Å². The monoisotopic (exact) mass is 490 g/mol. The Morgan fingerprint density at radius 3 is 2.85 bits per heavy atom. The molecule has 3 heterocycles. The number of nitro groups is 1. The summed E-state index contributed by atoms with van der Waals surface area (Å²) in [6.45, 7) is 3.65. The fourth-order valence-corrected chi connectivity index (χ4v) is 4.21. The largest absolute Gasteiger partial charge is 0.378 e. The van der Waals surface area contributed by atoms with Gasteiger partial charge in [0.2, 0.25) is 5.82 Å². The molecule has 0 fully saturated rings. The van der Waals surface area contributed by atoms with Crippen LogP contribution in [0.15, 0.2) is 53.4 Å². The van der Waals surface area contributed by atoms with Crippen molar-refractivity contribution in [1.29, 1.82) is 0 Å². The molecule has 10 nitrogen and oxygen atoms in total. The number of aromatic nitrogens is 1. The van der Waals surface area contributed by atoms with E-state index in [1.807, 2.05) is 17.3 Å². The molecule has 0 radical (unpaired) electrons. The van der Waals surface area contributed by atoms with Gasteiger partial charge in [0.25, 0.3) is 0 Å². The molecule has 2 aliphatic rings. The van der Waals surface area contributed by atoms with Crippen molar-refractivity contribution in [3.63, 3.8) is 0 Å². The van der Waals surface area contributed by atoms with Crippen LogP contribution in [0, 0.1) is 10.1 Å². The third-order valence-electron chi connectivity index (χ3n) is 5.33. The van der Waals surface area contributed by atoms with Crippen LogP contribution in [0.25, 0.3) is 0 Å². The van der Waals surface area contributed by atoms with Crippen LogP contribution >= 0.6 is 23.2 Å². The van der Waals surface area contributed by atoms with Crippen molar-refractivity contribution in [2.24, 2.45) is 0 Å². The van der Waals surface area contributed by atoms with Crippen molar-refractivity contribution in [3.05, 3.63) is 73.5 Å². The first-order chi connectivity index (χ1) is 15.9. The zero-order valence-corrected chi connectivity index (χ0v) is 19.2. The highest BCUT2D eigenvalue weighted by atomic mass is 35.5. The van der Waals surface area contributed by atoms with E-state index in [4.69, 9.17) is 28.9 Å². The molecule has 2 aromatic rings. The molecular weight excluding hydrogens is 467 g/mol. The summed E-state index contributed by atoms with van der Waals surface area (Å²) in [6.07, 6.45) is 2.97. The predicted molar refractivity (Wildman–Crippen MR) is 131 cm³/mol. The molecule has 1 aromatic carbocycles. The van der Waals surface area contributed by atoms with Crippen LogP contribution < -0.4 is 27.1 Å². The molecule has 0 saturated carbocycles. The maximum atomic E-state index is 10.9. The number of allylic oxidation sites excluding steroid dienone is 1. The number of nitrogens with one attached hydrogen (secondary N) is 4. The van der Waals surface area contributed by atoms with Crippen molar-refractivity contribution >= 4 is 46.2 Å². The zero-order chi connectivity index (χ0) is 23.4. The molecule has 0 bridgehead atoms. The van der Waals surface area contributed by atoms with E-state index in [0.29, 0.717) is 29.0 Å². The molecule has 0 amide bonds. The molecule has 6 N–H and O–H groups in total. The van der Waals surface area contributed by atoms with Gasteiger partial charge < -0.3 is 26.7 Å². The van der Waals surface area contributed by atoms with Gasteiger partial charge in [0.15, 0.2) is 0 Å². The maximum absolute atomic E-state index is 10.9. The predicted octanol–water partition coefficient (Wildman–Crippen LogP) is 3.35. The van der Waals surface area contributed by atoms with Gasteiger partial charge in [0.1, 0.15) is 5.82 Å². The molecule has 174 valence electrons. The first-order valence-corrected chi connectivity index (χ1v) is 11.2. The van der Waals surface area contributed by atoms with Gasteiger partial charge in [0.05, 0.1) is 27.9 Å². The molecule has 0 atom stereocenters. The molecule has 12 heteroatoms. The number of halogens is 2. The van der Waals surface area contributed by atoms with E-state index < -0.39 is 4.92 Å². The van der Waals surface area contributed by atoms with Gasteiger partial charge in [-0.3, -0.25) is 10.1 Å². The number of rotatable bonds is 8. The van der Waals surface area contributed by atoms with Crippen molar-refractivity contribution in [2.75, 3.05) is 49.1 Å². The molecule has 0 aliphatic carbocycles. The summed E-state index contributed by atoms with van der Waals surface area (Å²) in [5.41, 5.74) is 13.2. The van der Waals surface area contributed by atoms with E-state index in [2.05, 4.69) is 26.4 Å². The van der Waals surface area contributed by atoms with Crippen molar-refractivity contribution in [1.82, 2.24) is 20.7 Å². The lowest BCUT2D eigenvalue weighted by Crippen LogP contribution is -2.43. The standard InChI is InChI=1S/C21H24Cl2N8O2/c22-14-1-2-17(16(23)9-14)28-18-12-30(11-13-10-25-6-5-15(13)18)27-8-7-26-20-4-3-19(31(32)33)21(24)29-20/h1-4,9,12,25,27-28H,5-8,10-11H2,(H3,24,26,29). The van der Waals surface area contributed by atoms with Gasteiger partial charge in [-0.1, -0.05) is 23.2 Å². The Morgan fingerprint density at radius 1 is 1.24 bits per heavy atom. The second kappa shape index (κ2) is 10.3. The Kier molecular flexibility index (Phi) is 7.19. The number of hydrogen-bond donors (Lipinski definition) is 5. The van der Waals surface area contributed by atoms with E-state index in [1.54, 1.807) is 12.1 Å². The molecule has 0 spiro atoms. The van der Waals surface area contributed by atoms with E-state index in [0.717, 1.165) is 37.4 Å².